The molecule has 0 spiro atoms. The number of carbonyl (C=O) groups is 1. The Hall–Kier alpha value is -2.77. The number of aromatic amines is 1. The first-order valence-electron chi connectivity index (χ1n) is 6.23. The summed E-state index contributed by atoms with van der Waals surface area (Å²) in [5, 5.41) is 17.1. The fourth-order valence-electron chi connectivity index (χ4n) is 1.95. The minimum absolute atomic E-state index is 0.160. The second-order valence-electron chi connectivity index (χ2n) is 4.41. The van der Waals surface area contributed by atoms with Gasteiger partial charge < -0.3 is 19.6 Å². The summed E-state index contributed by atoms with van der Waals surface area (Å²) in [6.45, 7) is 0. The van der Waals surface area contributed by atoms with Gasteiger partial charge in [0.2, 0.25) is 5.89 Å². The lowest BCUT2D eigenvalue weighted by Crippen LogP contribution is -2.37. The van der Waals surface area contributed by atoms with E-state index in [1.165, 1.54) is 0 Å². The molecule has 2 rings (SSSR count). The van der Waals surface area contributed by atoms with Crippen LogP contribution in [0.5, 0.6) is 5.75 Å². The van der Waals surface area contributed by atoms with Gasteiger partial charge in [-0.05, 0) is 24.1 Å². The monoisotopic (exact) mass is 293 g/mol. The van der Waals surface area contributed by atoms with Crippen LogP contribution in [0.4, 0.5) is 4.79 Å². The van der Waals surface area contributed by atoms with Crippen molar-refractivity contribution >= 4 is 6.09 Å². The van der Waals surface area contributed by atoms with Crippen LogP contribution in [0.15, 0.2) is 33.5 Å². The predicted molar refractivity (Wildman–Crippen MR) is 72.5 cm³/mol. The molecule has 1 aromatic heterocycles. The van der Waals surface area contributed by atoms with Crippen LogP contribution in [0.3, 0.4) is 0 Å². The molecule has 0 radical (unpaired) electrons. The Balaban J connectivity index is 2.07. The van der Waals surface area contributed by atoms with Gasteiger partial charge in [0.05, 0.1) is 7.11 Å². The highest BCUT2D eigenvalue weighted by Gasteiger charge is 2.16. The summed E-state index contributed by atoms with van der Waals surface area (Å²) < 4.78 is 9.86. The Morgan fingerprint density at radius 1 is 1.43 bits per heavy atom. The number of benzene rings is 1. The molecular weight excluding hydrogens is 278 g/mol. The zero-order chi connectivity index (χ0) is 15.2. The van der Waals surface area contributed by atoms with E-state index >= 15 is 0 Å². The number of methoxy groups -OCH3 is 1. The number of nitrogens with zero attached hydrogens (tertiary/aromatic N) is 1. The molecular formula is C13H15N3O5. The summed E-state index contributed by atoms with van der Waals surface area (Å²) in [7, 11) is 1.57. The van der Waals surface area contributed by atoms with E-state index in [-0.39, 0.29) is 12.3 Å². The van der Waals surface area contributed by atoms with Gasteiger partial charge in [0.1, 0.15) is 5.75 Å². The van der Waals surface area contributed by atoms with E-state index in [4.69, 9.17) is 14.3 Å². The lowest BCUT2D eigenvalue weighted by Gasteiger charge is -2.15. The van der Waals surface area contributed by atoms with E-state index < -0.39 is 17.9 Å². The topological polar surface area (TPSA) is 117 Å². The molecule has 1 heterocycles. The summed E-state index contributed by atoms with van der Waals surface area (Å²) in [4.78, 5) is 21.7. The van der Waals surface area contributed by atoms with Crippen molar-refractivity contribution in [1.29, 1.82) is 0 Å². The van der Waals surface area contributed by atoms with E-state index in [9.17, 15) is 9.59 Å². The van der Waals surface area contributed by atoms with Crippen molar-refractivity contribution in [3.8, 4) is 5.75 Å². The summed E-state index contributed by atoms with van der Waals surface area (Å²) in [6, 6.07) is 6.82. The first-order chi connectivity index (χ1) is 10.1. The Labute approximate surface area is 119 Å². The predicted octanol–water partition coefficient (Wildman–Crippen LogP) is 0.793. The third kappa shape index (κ3) is 4.37. The van der Waals surface area contributed by atoms with Gasteiger partial charge in [0.15, 0.2) is 0 Å². The quantitative estimate of drug-likeness (QED) is 0.725. The van der Waals surface area contributed by atoms with Crippen LogP contribution in [0, 0.1) is 0 Å². The maximum atomic E-state index is 10.9. The Bertz CT molecular complexity index is 646. The normalized spacial score (nSPS) is 11.9. The number of nitrogens with one attached hydrogen (secondary N) is 2. The lowest BCUT2D eigenvalue weighted by molar-refractivity contribution is 0.189. The van der Waals surface area contributed by atoms with Crippen LogP contribution < -0.4 is 15.8 Å². The summed E-state index contributed by atoms with van der Waals surface area (Å²) in [5.74, 6) is 0.218. The molecule has 112 valence electrons. The molecule has 0 bridgehead atoms. The summed E-state index contributed by atoms with van der Waals surface area (Å²) in [5.41, 5.74) is 0.924. The molecule has 0 saturated heterocycles. The van der Waals surface area contributed by atoms with Crippen molar-refractivity contribution in [2.75, 3.05) is 7.11 Å². The van der Waals surface area contributed by atoms with Crippen LogP contribution >= 0.6 is 0 Å². The molecule has 1 aromatic carbocycles. The highest BCUT2D eigenvalue weighted by atomic mass is 16.5. The third-order valence-electron chi connectivity index (χ3n) is 2.87. The van der Waals surface area contributed by atoms with E-state index in [1.54, 1.807) is 19.2 Å². The average molecular weight is 293 g/mol. The van der Waals surface area contributed by atoms with Crippen molar-refractivity contribution in [2.24, 2.45) is 0 Å². The number of rotatable bonds is 6. The first kappa shape index (κ1) is 14.6. The summed E-state index contributed by atoms with van der Waals surface area (Å²) in [6.07, 6.45) is -0.532. The maximum Gasteiger partial charge on any atom is 0.434 e. The average Bonchev–Trinajstić information content (AvgIpc) is 2.84. The van der Waals surface area contributed by atoms with Crippen LogP contribution in [0.25, 0.3) is 0 Å². The molecule has 1 unspecified atom stereocenters. The molecule has 2 aromatic rings. The van der Waals surface area contributed by atoms with Crippen molar-refractivity contribution in [3.05, 3.63) is 46.3 Å². The van der Waals surface area contributed by atoms with Gasteiger partial charge in [-0.1, -0.05) is 12.1 Å². The minimum Gasteiger partial charge on any atom is -0.497 e. The number of carboxylic acid groups (broad SMARTS) is 1. The van der Waals surface area contributed by atoms with Crippen LogP contribution in [0.2, 0.25) is 0 Å². The van der Waals surface area contributed by atoms with Gasteiger partial charge in [0.25, 0.3) is 0 Å². The van der Waals surface area contributed by atoms with Crippen molar-refractivity contribution in [1.82, 2.24) is 15.5 Å². The zero-order valence-electron chi connectivity index (χ0n) is 11.3. The number of hydrogen-bond donors (Lipinski definition) is 3. The Morgan fingerprint density at radius 3 is 2.67 bits per heavy atom. The van der Waals surface area contributed by atoms with Gasteiger partial charge in [0, 0.05) is 12.5 Å². The van der Waals surface area contributed by atoms with Crippen molar-refractivity contribution < 1.29 is 19.1 Å². The molecule has 0 fully saturated rings. The van der Waals surface area contributed by atoms with Crippen molar-refractivity contribution in [3.63, 3.8) is 0 Å². The molecule has 8 nitrogen and oxygen atoms in total. The molecule has 0 aliphatic heterocycles. The molecule has 1 amide bonds. The third-order valence-corrected chi connectivity index (χ3v) is 2.87. The molecule has 21 heavy (non-hydrogen) atoms. The highest BCUT2D eigenvalue weighted by Crippen LogP contribution is 2.13. The second-order valence-corrected chi connectivity index (χ2v) is 4.41. The number of amides is 1. The number of ether oxygens (including phenoxy) is 1. The van der Waals surface area contributed by atoms with Crippen LogP contribution in [0.1, 0.15) is 11.5 Å². The van der Waals surface area contributed by atoms with E-state index in [0.29, 0.717) is 6.42 Å². The Morgan fingerprint density at radius 2 is 2.14 bits per heavy atom. The largest absolute Gasteiger partial charge is 0.497 e. The number of aromatic nitrogens is 2. The number of H-pyrrole nitrogens is 1. The molecule has 0 aliphatic rings. The molecule has 0 saturated carbocycles. The molecule has 3 N–H and O–H groups in total. The fourth-order valence-corrected chi connectivity index (χ4v) is 1.95. The van der Waals surface area contributed by atoms with Crippen molar-refractivity contribution in [2.45, 2.75) is 18.9 Å². The SMILES string of the molecule is COc1ccc(CC(Cc2n[nH]c(=O)o2)NC(=O)O)cc1. The first-order valence-corrected chi connectivity index (χ1v) is 6.23. The smallest absolute Gasteiger partial charge is 0.434 e. The van der Waals surface area contributed by atoms with E-state index in [0.717, 1.165) is 11.3 Å². The lowest BCUT2D eigenvalue weighted by atomic mass is 10.0. The van der Waals surface area contributed by atoms with Crippen LogP contribution in [-0.2, 0) is 12.8 Å². The second kappa shape index (κ2) is 6.60. The highest BCUT2D eigenvalue weighted by molar-refractivity contribution is 5.64. The molecule has 0 aliphatic carbocycles. The van der Waals surface area contributed by atoms with Gasteiger partial charge in [-0.2, -0.15) is 0 Å². The molecule has 1 atom stereocenters. The van der Waals surface area contributed by atoms with Crippen LogP contribution in [-0.4, -0.2) is 34.5 Å². The number of hydrogen-bond acceptors (Lipinski definition) is 5. The minimum atomic E-state index is -1.15. The van der Waals surface area contributed by atoms with E-state index in [1.807, 2.05) is 12.1 Å². The molecule has 8 heteroatoms. The van der Waals surface area contributed by atoms with Gasteiger partial charge in [-0.25, -0.2) is 14.7 Å². The summed E-state index contributed by atoms with van der Waals surface area (Å²) >= 11 is 0. The van der Waals surface area contributed by atoms with Gasteiger partial charge >= 0.3 is 11.8 Å². The van der Waals surface area contributed by atoms with Gasteiger partial charge in [-0.3, -0.25) is 0 Å². The fraction of sp³-hybridized carbons (Fsp3) is 0.308. The zero-order valence-corrected chi connectivity index (χ0v) is 11.3. The Kier molecular flexibility index (Phi) is 4.60. The van der Waals surface area contributed by atoms with Gasteiger partial charge in [-0.15, -0.1) is 5.10 Å². The standard InChI is InChI=1S/C13H15N3O5/c1-20-10-4-2-8(3-5-10)6-9(14-12(17)18)7-11-15-16-13(19)21-11/h2-5,9,14H,6-7H2,1H3,(H,16,19)(H,17,18). The van der Waals surface area contributed by atoms with E-state index in [2.05, 4.69) is 15.5 Å². The maximum absolute atomic E-state index is 10.9.